The highest BCUT2D eigenvalue weighted by Crippen LogP contribution is 2.35. The van der Waals surface area contributed by atoms with Crippen molar-refractivity contribution >= 4 is 35.3 Å². The van der Waals surface area contributed by atoms with E-state index in [2.05, 4.69) is 16.0 Å². The number of unbranched alkanes of at least 4 members (excludes halogenated alkanes) is 1. The van der Waals surface area contributed by atoms with Gasteiger partial charge in [-0.25, -0.2) is 4.79 Å². The Bertz CT molecular complexity index is 1550. The molecule has 24 heteroatoms. The van der Waals surface area contributed by atoms with Gasteiger partial charge in [-0.1, -0.05) is 0 Å². The summed E-state index contributed by atoms with van der Waals surface area (Å²) in [6, 6.07) is 2.03. The second kappa shape index (κ2) is 22.6. The normalized spacial score (nSPS) is 28.1. The number of esters is 1. The van der Waals surface area contributed by atoms with E-state index in [-0.39, 0.29) is 49.8 Å². The third kappa shape index (κ3) is 13.6. The molecule has 3 amide bonds. The van der Waals surface area contributed by atoms with Crippen molar-refractivity contribution in [3.8, 4) is 5.75 Å². The van der Waals surface area contributed by atoms with Gasteiger partial charge in [-0.05, 0) is 31.4 Å². The van der Waals surface area contributed by atoms with Crippen LogP contribution in [-0.4, -0.2) is 175 Å². The van der Waals surface area contributed by atoms with E-state index in [0.717, 1.165) is 6.92 Å². The summed E-state index contributed by atoms with van der Waals surface area (Å²) in [5.74, 6) is -7.17. The molecule has 58 heavy (non-hydrogen) atoms. The molecule has 0 saturated carbocycles. The van der Waals surface area contributed by atoms with Crippen LogP contribution in [0.1, 0.15) is 45.4 Å². The fraction of sp³-hybridized carbons (Fsp3) is 0.676. The summed E-state index contributed by atoms with van der Waals surface area (Å²) in [6.07, 6.45) is -14.5. The summed E-state index contributed by atoms with van der Waals surface area (Å²) in [6.45, 7) is -1.89. The minimum absolute atomic E-state index is 0.00223. The van der Waals surface area contributed by atoms with Crippen LogP contribution in [0, 0.1) is 10.1 Å². The third-order valence-corrected chi connectivity index (χ3v) is 9.08. The summed E-state index contributed by atoms with van der Waals surface area (Å²) in [4.78, 5) is 70.9. The molecule has 326 valence electrons. The quantitative estimate of drug-likeness (QED) is 0.0173. The average molecular weight is 835 g/mol. The molecule has 11 atom stereocenters. The highest BCUT2D eigenvalue weighted by Gasteiger charge is 2.57. The van der Waals surface area contributed by atoms with Crippen molar-refractivity contribution in [1.29, 1.82) is 0 Å². The fourth-order valence-electron chi connectivity index (χ4n) is 6.05. The zero-order chi connectivity index (χ0) is 43.2. The Morgan fingerprint density at radius 1 is 0.966 bits per heavy atom. The maximum absolute atomic E-state index is 12.5. The van der Waals surface area contributed by atoms with Crippen LogP contribution in [0.25, 0.3) is 0 Å². The number of aliphatic hydroxyl groups excluding tert-OH is 7. The molecule has 2 saturated heterocycles. The lowest BCUT2D eigenvalue weighted by Crippen LogP contribution is -2.69. The molecular weight excluding hydrogens is 784 g/mol. The van der Waals surface area contributed by atoms with Crippen LogP contribution < -0.4 is 20.7 Å². The molecule has 24 nitrogen and oxygen atoms in total. The second-order valence-corrected chi connectivity index (χ2v) is 13.5. The molecule has 2 aliphatic heterocycles. The molecule has 0 aliphatic carbocycles. The van der Waals surface area contributed by atoms with Gasteiger partial charge in [0.25, 0.3) is 11.5 Å². The Kier molecular flexibility index (Phi) is 18.7. The van der Waals surface area contributed by atoms with Gasteiger partial charge in [-0.3, -0.25) is 29.3 Å². The van der Waals surface area contributed by atoms with Gasteiger partial charge in [0.1, 0.15) is 55.0 Å². The van der Waals surface area contributed by atoms with Crippen LogP contribution in [0.2, 0.25) is 0 Å². The monoisotopic (exact) mass is 834 g/mol. The molecule has 1 aromatic carbocycles. The van der Waals surface area contributed by atoms with Gasteiger partial charge in [0, 0.05) is 44.9 Å². The van der Waals surface area contributed by atoms with Crippen LogP contribution in [0.3, 0.4) is 0 Å². The number of nitro benzene ring substituents is 1. The molecule has 2 heterocycles. The number of carbonyl (C=O) groups excluding carboxylic acids is 4. The number of aliphatic carboxylic acids is 1. The standard InChI is InChI=1S/C34H50N4O20/c1-17(41)36-27-30(49)29(48)22(16-55-34(33(50)51)13-20(42)26(37-24(45)15-40)31(58-34)28(47)21(43)14-39)57-32(27)54-12-4-11-35-23(44)5-2-3-6-25(46)56-19-9-7-18(8-10-19)38(52)53/h7-10,20-22,26-32,39-40,42-43,47-49H,2-6,11-16H2,1H3,(H,35,44)(H,36,41)(H,37,45)(H,50,51)/t20-,21+,22+,26+,27+,28+,29-,30+,31+,32-,34+/m0/s1. The van der Waals surface area contributed by atoms with Gasteiger partial charge < -0.3 is 80.5 Å². The molecule has 11 N–H and O–H groups in total. The van der Waals surface area contributed by atoms with E-state index in [9.17, 15) is 69.8 Å². The minimum Gasteiger partial charge on any atom is -0.477 e. The van der Waals surface area contributed by atoms with Crippen molar-refractivity contribution in [2.75, 3.05) is 33.0 Å². The zero-order valence-electron chi connectivity index (χ0n) is 31.3. The molecule has 3 rings (SSSR count). The number of hydrogen-bond acceptors (Lipinski definition) is 19. The third-order valence-electron chi connectivity index (χ3n) is 9.08. The molecule has 0 aromatic heterocycles. The van der Waals surface area contributed by atoms with E-state index in [0.29, 0.717) is 12.8 Å². The van der Waals surface area contributed by atoms with Crippen molar-refractivity contribution in [1.82, 2.24) is 16.0 Å². The lowest BCUT2D eigenvalue weighted by Gasteiger charge is -2.47. The van der Waals surface area contributed by atoms with Gasteiger partial charge in [0.05, 0.1) is 36.9 Å². The fourth-order valence-corrected chi connectivity index (χ4v) is 6.05. The number of hydrogen-bond donors (Lipinski definition) is 11. The molecule has 0 spiro atoms. The summed E-state index contributed by atoms with van der Waals surface area (Å²) in [7, 11) is 0. The number of amides is 3. The first-order chi connectivity index (χ1) is 27.4. The number of benzene rings is 1. The van der Waals surface area contributed by atoms with Crippen molar-refractivity contribution in [3.05, 3.63) is 34.4 Å². The Hall–Kier alpha value is -4.47. The predicted molar refractivity (Wildman–Crippen MR) is 189 cm³/mol. The maximum Gasteiger partial charge on any atom is 0.364 e. The van der Waals surface area contributed by atoms with Crippen molar-refractivity contribution in [2.24, 2.45) is 0 Å². The minimum atomic E-state index is -2.84. The van der Waals surface area contributed by atoms with E-state index in [4.69, 9.17) is 28.8 Å². The number of ether oxygens (including phenoxy) is 5. The first-order valence-electron chi connectivity index (χ1n) is 18.2. The van der Waals surface area contributed by atoms with Crippen molar-refractivity contribution in [3.63, 3.8) is 0 Å². The van der Waals surface area contributed by atoms with Crippen LogP contribution in [0.15, 0.2) is 24.3 Å². The van der Waals surface area contributed by atoms with E-state index in [1.54, 1.807) is 0 Å². The Morgan fingerprint density at radius 3 is 2.24 bits per heavy atom. The number of aliphatic hydroxyl groups is 7. The highest BCUT2D eigenvalue weighted by molar-refractivity contribution is 5.78. The summed E-state index contributed by atoms with van der Waals surface area (Å²) in [5.41, 5.74) is -0.157. The van der Waals surface area contributed by atoms with E-state index in [1.807, 2.05) is 0 Å². The van der Waals surface area contributed by atoms with E-state index >= 15 is 0 Å². The first kappa shape index (κ1) is 47.9. The first-order valence-corrected chi connectivity index (χ1v) is 18.2. The largest absolute Gasteiger partial charge is 0.477 e. The highest BCUT2D eigenvalue weighted by atomic mass is 16.7. The molecule has 1 aromatic rings. The molecular formula is C34H50N4O20. The van der Waals surface area contributed by atoms with Crippen LogP contribution >= 0.6 is 0 Å². The average Bonchev–Trinajstić information content (AvgIpc) is 3.18. The summed E-state index contributed by atoms with van der Waals surface area (Å²) < 4.78 is 27.7. The maximum atomic E-state index is 12.5. The smallest absolute Gasteiger partial charge is 0.364 e. The molecule has 0 radical (unpaired) electrons. The molecule has 2 fully saturated rings. The molecule has 0 unspecified atom stereocenters. The van der Waals surface area contributed by atoms with E-state index < -0.39 is 122 Å². The number of non-ortho nitro benzene ring substituents is 1. The lowest BCUT2D eigenvalue weighted by molar-refractivity contribution is -0.384. The van der Waals surface area contributed by atoms with Crippen molar-refractivity contribution < 1.29 is 93.4 Å². The predicted octanol–water partition coefficient (Wildman–Crippen LogP) is -4.33. The van der Waals surface area contributed by atoms with Crippen LogP contribution in [0.5, 0.6) is 5.75 Å². The van der Waals surface area contributed by atoms with Gasteiger partial charge >= 0.3 is 11.9 Å². The Labute approximate surface area is 330 Å². The van der Waals surface area contributed by atoms with Gasteiger partial charge in [-0.15, -0.1) is 0 Å². The van der Waals surface area contributed by atoms with Gasteiger partial charge in [-0.2, -0.15) is 0 Å². The molecule has 2 aliphatic rings. The SMILES string of the molecule is CC(=O)N[C@H]1[C@@H](OCCCNC(=O)CCCCC(=O)Oc2ccc([N+](=O)[O-])cc2)O[C@H](CO[C@]2(C(=O)O)C[C@H](O)[C@@H](NC(=O)CO)[C@H]([C@H](O)[C@H](O)CO)O2)[C@H](O)[C@@H]1O. The van der Waals surface area contributed by atoms with Gasteiger partial charge in [0.2, 0.25) is 17.7 Å². The van der Waals surface area contributed by atoms with Gasteiger partial charge in [0.15, 0.2) is 6.29 Å². The summed E-state index contributed by atoms with van der Waals surface area (Å²) in [5, 5.41) is 99.9. The number of nitrogens with zero attached hydrogens (tertiary/aromatic N) is 1. The van der Waals surface area contributed by atoms with Crippen molar-refractivity contribution in [2.45, 2.75) is 112 Å². The number of nitro groups is 1. The Morgan fingerprint density at radius 2 is 1.64 bits per heavy atom. The number of rotatable bonds is 22. The number of nitrogens with one attached hydrogen (secondary N) is 3. The number of carboxylic acid groups (broad SMARTS) is 1. The van der Waals surface area contributed by atoms with Crippen LogP contribution in [-0.2, 0) is 42.9 Å². The zero-order valence-corrected chi connectivity index (χ0v) is 31.3. The number of carboxylic acids is 1. The second-order valence-electron chi connectivity index (χ2n) is 13.5. The molecule has 0 bridgehead atoms. The number of carbonyl (C=O) groups is 5. The topological polar surface area (TPSA) is 373 Å². The van der Waals surface area contributed by atoms with E-state index in [1.165, 1.54) is 24.3 Å². The lowest BCUT2D eigenvalue weighted by atomic mass is 9.88. The van der Waals surface area contributed by atoms with Crippen LogP contribution in [0.4, 0.5) is 5.69 Å². The summed E-state index contributed by atoms with van der Waals surface area (Å²) >= 11 is 0. The Balaban J connectivity index is 1.54.